The predicted octanol–water partition coefficient (Wildman–Crippen LogP) is 1.46. The summed E-state index contributed by atoms with van der Waals surface area (Å²) >= 11 is 0. The second kappa shape index (κ2) is 7.11. The molecule has 2 rings (SSSR count). The average molecular weight is 325 g/mol. The van der Waals surface area contributed by atoms with Gasteiger partial charge >= 0.3 is 6.03 Å². The molecule has 1 heterocycles. The topological polar surface area (TPSA) is 92.5 Å². The lowest BCUT2D eigenvalue weighted by molar-refractivity contribution is 0.158. The number of urea groups is 1. The standard InChI is InChI=1S/C15H23N3O3S/c1-12-4-2-3-11-18(12)15(19)17-10-9-13-5-7-14(8-6-13)22(16,20)21/h5-8,12H,2-4,9-11H2,1H3,(H,17,19)(H2,16,20,21). The Kier molecular flexibility index (Phi) is 5.42. The quantitative estimate of drug-likeness (QED) is 0.878. The third-order valence-electron chi connectivity index (χ3n) is 4.01. The van der Waals surface area contributed by atoms with Gasteiger partial charge in [-0.3, -0.25) is 0 Å². The van der Waals surface area contributed by atoms with Gasteiger partial charge in [0.15, 0.2) is 0 Å². The Bertz CT molecular complexity index is 613. The first-order valence-corrected chi connectivity index (χ1v) is 9.09. The lowest BCUT2D eigenvalue weighted by atomic mass is 10.0. The highest BCUT2D eigenvalue weighted by Gasteiger charge is 2.22. The number of piperidine rings is 1. The molecule has 0 spiro atoms. The Balaban J connectivity index is 1.82. The van der Waals surface area contributed by atoms with E-state index in [1.165, 1.54) is 18.6 Å². The van der Waals surface area contributed by atoms with Crippen LogP contribution < -0.4 is 10.5 Å². The van der Waals surface area contributed by atoms with Crippen molar-refractivity contribution in [1.82, 2.24) is 10.2 Å². The van der Waals surface area contributed by atoms with Gasteiger partial charge in [0.25, 0.3) is 0 Å². The maximum absolute atomic E-state index is 12.1. The zero-order valence-electron chi connectivity index (χ0n) is 12.8. The van der Waals surface area contributed by atoms with Crippen LogP contribution in [0.2, 0.25) is 0 Å². The zero-order valence-corrected chi connectivity index (χ0v) is 13.6. The van der Waals surface area contributed by atoms with Gasteiger partial charge in [0.1, 0.15) is 0 Å². The summed E-state index contributed by atoms with van der Waals surface area (Å²) in [5, 5.41) is 7.97. The Morgan fingerprint density at radius 1 is 1.32 bits per heavy atom. The fraction of sp³-hybridized carbons (Fsp3) is 0.533. The SMILES string of the molecule is CC1CCCCN1C(=O)NCCc1ccc(S(N)(=O)=O)cc1. The number of rotatable bonds is 4. The van der Waals surface area contributed by atoms with Crippen LogP contribution >= 0.6 is 0 Å². The van der Waals surface area contributed by atoms with E-state index in [1.807, 2.05) is 4.90 Å². The predicted molar refractivity (Wildman–Crippen MR) is 84.9 cm³/mol. The number of carbonyl (C=O) groups excluding carboxylic acids is 1. The van der Waals surface area contributed by atoms with Crippen molar-refractivity contribution in [1.29, 1.82) is 0 Å². The second-order valence-electron chi connectivity index (χ2n) is 5.71. The van der Waals surface area contributed by atoms with Crippen LogP contribution in [-0.2, 0) is 16.4 Å². The molecule has 1 aliphatic heterocycles. The largest absolute Gasteiger partial charge is 0.338 e. The van der Waals surface area contributed by atoms with Gasteiger partial charge in [0, 0.05) is 19.1 Å². The summed E-state index contributed by atoms with van der Waals surface area (Å²) in [6.07, 6.45) is 3.95. The van der Waals surface area contributed by atoms with Gasteiger partial charge < -0.3 is 10.2 Å². The molecule has 0 aromatic heterocycles. The fourth-order valence-electron chi connectivity index (χ4n) is 2.66. The molecule has 1 aromatic carbocycles. The van der Waals surface area contributed by atoms with Crippen LogP contribution in [0.5, 0.6) is 0 Å². The number of primary sulfonamides is 1. The normalized spacial score (nSPS) is 19.0. The first kappa shape index (κ1) is 16.8. The highest BCUT2D eigenvalue weighted by atomic mass is 32.2. The molecule has 0 bridgehead atoms. The summed E-state index contributed by atoms with van der Waals surface area (Å²) in [5.41, 5.74) is 0.958. The summed E-state index contributed by atoms with van der Waals surface area (Å²) in [6.45, 7) is 3.41. The molecule has 6 nitrogen and oxygen atoms in total. The first-order chi connectivity index (χ1) is 10.4. The second-order valence-corrected chi connectivity index (χ2v) is 7.27. The van der Waals surface area contributed by atoms with Crippen LogP contribution in [-0.4, -0.2) is 38.5 Å². The summed E-state index contributed by atoms with van der Waals surface area (Å²) < 4.78 is 22.3. The zero-order chi connectivity index (χ0) is 16.2. The van der Waals surface area contributed by atoms with Gasteiger partial charge in [-0.25, -0.2) is 18.4 Å². The summed E-state index contributed by atoms with van der Waals surface area (Å²) in [4.78, 5) is 14.1. The molecule has 1 atom stereocenters. The number of nitrogens with two attached hydrogens (primary N) is 1. The molecule has 1 unspecified atom stereocenters. The van der Waals surface area contributed by atoms with Crippen LogP contribution in [0.15, 0.2) is 29.2 Å². The van der Waals surface area contributed by atoms with Gasteiger partial charge in [-0.15, -0.1) is 0 Å². The molecule has 1 fully saturated rings. The highest BCUT2D eigenvalue weighted by molar-refractivity contribution is 7.89. The minimum atomic E-state index is -3.65. The fourth-order valence-corrected chi connectivity index (χ4v) is 3.18. The third kappa shape index (κ3) is 4.45. The number of sulfonamides is 1. The molecule has 22 heavy (non-hydrogen) atoms. The van der Waals surface area contributed by atoms with E-state index in [2.05, 4.69) is 12.2 Å². The lowest BCUT2D eigenvalue weighted by Crippen LogP contribution is -2.47. The van der Waals surface area contributed by atoms with Crippen molar-refractivity contribution in [3.05, 3.63) is 29.8 Å². The molecular weight excluding hydrogens is 302 g/mol. The summed E-state index contributed by atoms with van der Waals surface area (Å²) in [6, 6.07) is 6.68. The van der Waals surface area contributed by atoms with Crippen LogP contribution in [0.1, 0.15) is 31.7 Å². The molecule has 2 amide bonds. The Hall–Kier alpha value is -1.60. The van der Waals surface area contributed by atoms with E-state index in [0.717, 1.165) is 24.9 Å². The minimum absolute atomic E-state index is 0.0200. The molecule has 1 saturated heterocycles. The molecule has 0 saturated carbocycles. The van der Waals surface area contributed by atoms with Crippen molar-refractivity contribution in [2.75, 3.05) is 13.1 Å². The van der Waals surface area contributed by atoms with Crippen LogP contribution in [0.25, 0.3) is 0 Å². The number of carbonyl (C=O) groups is 1. The van der Waals surface area contributed by atoms with Crippen LogP contribution in [0.3, 0.4) is 0 Å². The summed E-state index contributed by atoms with van der Waals surface area (Å²) in [5.74, 6) is 0. The molecule has 7 heteroatoms. The number of hydrogen-bond acceptors (Lipinski definition) is 3. The molecular formula is C15H23N3O3S. The molecule has 122 valence electrons. The average Bonchev–Trinajstić information content (AvgIpc) is 2.47. The number of hydrogen-bond donors (Lipinski definition) is 2. The van der Waals surface area contributed by atoms with Crippen molar-refractivity contribution in [3.63, 3.8) is 0 Å². The van der Waals surface area contributed by atoms with E-state index < -0.39 is 10.0 Å². The summed E-state index contributed by atoms with van der Waals surface area (Å²) in [7, 11) is -3.65. The smallest absolute Gasteiger partial charge is 0.317 e. The number of benzene rings is 1. The highest BCUT2D eigenvalue weighted by Crippen LogP contribution is 2.16. The van der Waals surface area contributed by atoms with Crippen LogP contribution in [0.4, 0.5) is 4.79 Å². The van der Waals surface area contributed by atoms with Crippen molar-refractivity contribution < 1.29 is 13.2 Å². The van der Waals surface area contributed by atoms with E-state index in [-0.39, 0.29) is 10.9 Å². The van der Waals surface area contributed by atoms with Crippen molar-refractivity contribution in [3.8, 4) is 0 Å². The van der Waals surface area contributed by atoms with E-state index in [4.69, 9.17) is 5.14 Å². The molecule has 0 aliphatic carbocycles. The Morgan fingerprint density at radius 2 is 2.00 bits per heavy atom. The van der Waals surface area contributed by atoms with Gasteiger partial charge in [-0.1, -0.05) is 12.1 Å². The van der Waals surface area contributed by atoms with E-state index >= 15 is 0 Å². The Morgan fingerprint density at radius 3 is 2.59 bits per heavy atom. The monoisotopic (exact) mass is 325 g/mol. The lowest BCUT2D eigenvalue weighted by Gasteiger charge is -2.33. The third-order valence-corrected chi connectivity index (χ3v) is 4.93. The van der Waals surface area contributed by atoms with Gasteiger partial charge in [-0.05, 0) is 50.3 Å². The van der Waals surface area contributed by atoms with Gasteiger partial charge in [0.2, 0.25) is 10.0 Å². The number of nitrogens with one attached hydrogen (secondary N) is 1. The van der Waals surface area contributed by atoms with E-state index in [1.54, 1.807) is 12.1 Å². The van der Waals surface area contributed by atoms with Gasteiger partial charge in [0.05, 0.1) is 4.90 Å². The van der Waals surface area contributed by atoms with Crippen molar-refractivity contribution in [2.24, 2.45) is 5.14 Å². The Labute approximate surface area is 131 Å². The van der Waals surface area contributed by atoms with Crippen molar-refractivity contribution in [2.45, 2.75) is 43.5 Å². The maximum Gasteiger partial charge on any atom is 0.317 e. The van der Waals surface area contributed by atoms with Crippen molar-refractivity contribution >= 4 is 16.1 Å². The van der Waals surface area contributed by atoms with E-state index in [9.17, 15) is 13.2 Å². The number of amides is 2. The molecule has 1 aliphatic rings. The van der Waals surface area contributed by atoms with E-state index in [0.29, 0.717) is 19.0 Å². The molecule has 3 N–H and O–H groups in total. The molecule has 0 radical (unpaired) electrons. The van der Waals surface area contributed by atoms with Gasteiger partial charge in [-0.2, -0.15) is 0 Å². The maximum atomic E-state index is 12.1. The number of likely N-dealkylation sites (tertiary alicyclic amines) is 1. The minimum Gasteiger partial charge on any atom is -0.338 e. The first-order valence-electron chi connectivity index (χ1n) is 7.54. The molecule has 1 aromatic rings. The number of nitrogens with zero attached hydrogens (tertiary/aromatic N) is 1. The van der Waals surface area contributed by atoms with Crippen LogP contribution in [0, 0.1) is 0 Å².